The summed E-state index contributed by atoms with van der Waals surface area (Å²) in [6, 6.07) is 0. The molecule has 0 aliphatic rings. The zero-order valence-electron chi connectivity index (χ0n) is 21.4. The van der Waals surface area contributed by atoms with Crippen molar-refractivity contribution in [3.8, 4) is 0 Å². The zero-order valence-corrected chi connectivity index (χ0v) is 21.4. The quantitative estimate of drug-likeness (QED) is 0.170. The predicted molar refractivity (Wildman–Crippen MR) is 131 cm³/mol. The Morgan fingerprint density at radius 1 is 0.812 bits per heavy atom. The first-order chi connectivity index (χ1) is 15.2. The lowest BCUT2D eigenvalue weighted by atomic mass is 10.1. The Labute approximate surface area is 197 Å². The van der Waals surface area contributed by atoms with Crippen molar-refractivity contribution in [3.05, 3.63) is 0 Å². The summed E-state index contributed by atoms with van der Waals surface area (Å²) >= 11 is 0. The van der Waals surface area contributed by atoms with Crippen molar-refractivity contribution >= 4 is 11.9 Å². The van der Waals surface area contributed by atoms with Crippen LogP contribution in [0.1, 0.15) is 124 Å². The van der Waals surface area contributed by atoms with Crippen molar-refractivity contribution in [2.45, 2.75) is 136 Å². The van der Waals surface area contributed by atoms with Crippen LogP contribution in [0.5, 0.6) is 0 Å². The van der Waals surface area contributed by atoms with Gasteiger partial charge in [0.15, 0.2) is 0 Å². The van der Waals surface area contributed by atoms with E-state index in [1.165, 1.54) is 44.9 Å². The largest absolute Gasteiger partial charge is 0.466 e. The number of hydrogen-bond acceptors (Lipinski definition) is 6. The predicted octanol–water partition coefficient (Wildman–Crippen LogP) is 5.69. The number of esters is 2. The number of nitrogens with one attached hydrogen (secondary N) is 1. The molecule has 1 unspecified atom stereocenters. The molecule has 0 fully saturated rings. The lowest BCUT2D eigenvalue weighted by Gasteiger charge is -2.19. The molecule has 0 saturated carbocycles. The van der Waals surface area contributed by atoms with Gasteiger partial charge >= 0.3 is 11.9 Å². The standard InChI is InChI=1S/C26H51NO5/c1-5-6-7-8-9-10-11-12-15-21-31-24(29)19-16-17-23(28)22-27-20-14-13-18-25(30)32-26(2,3)4/h23,27-28H,5-22H2,1-4H3. The second-order valence-corrected chi connectivity index (χ2v) is 9.84. The van der Waals surface area contributed by atoms with Crippen LogP contribution in [0.15, 0.2) is 0 Å². The van der Waals surface area contributed by atoms with Crippen LogP contribution in [0.2, 0.25) is 0 Å². The molecule has 0 aromatic heterocycles. The van der Waals surface area contributed by atoms with Gasteiger partial charge in [0.2, 0.25) is 0 Å². The number of carbonyl (C=O) groups is 2. The molecule has 0 saturated heterocycles. The Hall–Kier alpha value is -1.14. The molecule has 32 heavy (non-hydrogen) atoms. The fourth-order valence-corrected chi connectivity index (χ4v) is 3.44. The first-order valence-corrected chi connectivity index (χ1v) is 13.0. The highest BCUT2D eigenvalue weighted by atomic mass is 16.6. The number of ether oxygens (including phenoxy) is 2. The van der Waals surface area contributed by atoms with Crippen molar-refractivity contribution in [1.29, 1.82) is 0 Å². The van der Waals surface area contributed by atoms with Gasteiger partial charge in [0.05, 0.1) is 12.7 Å². The van der Waals surface area contributed by atoms with Crippen molar-refractivity contribution in [2.24, 2.45) is 0 Å². The Kier molecular flexibility index (Phi) is 19.7. The van der Waals surface area contributed by atoms with Gasteiger partial charge in [0, 0.05) is 19.4 Å². The highest BCUT2D eigenvalue weighted by molar-refractivity contribution is 5.69. The number of rotatable bonds is 21. The average Bonchev–Trinajstić information content (AvgIpc) is 2.70. The summed E-state index contributed by atoms with van der Waals surface area (Å²) in [6.45, 7) is 9.60. The number of aliphatic hydroxyl groups is 1. The van der Waals surface area contributed by atoms with Gasteiger partial charge in [0.1, 0.15) is 5.60 Å². The van der Waals surface area contributed by atoms with Gasteiger partial charge in [-0.15, -0.1) is 0 Å². The van der Waals surface area contributed by atoms with Crippen molar-refractivity contribution in [2.75, 3.05) is 19.7 Å². The first-order valence-electron chi connectivity index (χ1n) is 13.0. The number of unbranched alkanes of at least 4 members (excludes halogenated alkanes) is 9. The third-order valence-corrected chi connectivity index (χ3v) is 5.21. The minimum Gasteiger partial charge on any atom is -0.466 e. The lowest BCUT2D eigenvalue weighted by molar-refractivity contribution is -0.155. The summed E-state index contributed by atoms with van der Waals surface area (Å²) in [6.07, 6.45) is 14.4. The molecule has 0 bridgehead atoms. The monoisotopic (exact) mass is 457 g/mol. The first kappa shape index (κ1) is 30.9. The molecule has 2 N–H and O–H groups in total. The van der Waals surface area contributed by atoms with E-state index < -0.39 is 11.7 Å². The third kappa shape index (κ3) is 23.5. The minimum atomic E-state index is -0.467. The summed E-state index contributed by atoms with van der Waals surface area (Å²) in [5.74, 6) is -0.325. The minimum absolute atomic E-state index is 0.160. The van der Waals surface area contributed by atoms with Crippen molar-refractivity contribution in [3.63, 3.8) is 0 Å². The normalized spacial score (nSPS) is 12.5. The molecule has 0 aliphatic carbocycles. The number of hydrogen-bond donors (Lipinski definition) is 2. The second kappa shape index (κ2) is 20.5. The average molecular weight is 458 g/mol. The van der Waals surface area contributed by atoms with Crippen LogP contribution in [-0.4, -0.2) is 48.4 Å². The maximum Gasteiger partial charge on any atom is 0.306 e. The van der Waals surface area contributed by atoms with Crippen LogP contribution < -0.4 is 5.32 Å². The van der Waals surface area contributed by atoms with Crippen LogP contribution in [0.4, 0.5) is 0 Å². The van der Waals surface area contributed by atoms with E-state index in [0.717, 1.165) is 32.2 Å². The lowest BCUT2D eigenvalue weighted by Crippen LogP contribution is -2.28. The van der Waals surface area contributed by atoms with Crippen LogP contribution in [-0.2, 0) is 19.1 Å². The maximum absolute atomic E-state index is 11.8. The Morgan fingerprint density at radius 3 is 2.03 bits per heavy atom. The van der Waals surface area contributed by atoms with Crippen molar-refractivity contribution < 1.29 is 24.2 Å². The van der Waals surface area contributed by atoms with Gasteiger partial charge in [-0.05, 0) is 59.4 Å². The molecule has 0 aromatic rings. The topological polar surface area (TPSA) is 84.9 Å². The molecule has 0 radical (unpaired) electrons. The van der Waals surface area contributed by atoms with E-state index in [-0.39, 0.29) is 11.9 Å². The second-order valence-electron chi connectivity index (χ2n) is 9.84. The summed E-state index contributed by atoms with van der Waals surface area (Å²) < 4.78 is 10.6. The molecule has 0 aliphatic heterocycles. The van der Waals surface area contributed by atoms with Gasteiger partial charge in [-0.2, -0.15) is 0 Å². The van der Waals surface area contributed by atoms with E-state index in [1.54, 1.807) is 0 Å². The molecule has 0 amide bonds. The van der Waals surface area contributed by atoms with Crippen LogP contribution >= 0.6 is 0 Å². The van der Waals surface area contributed by atoms with E-state index in [9.17, 15) is 14.7 Å². The van der Waals surface area contributed by atoms with Crippen LogP contribution in [0.25, 0.3) is 0 Å². The SMILES string of the molecule is CCCCCCCCCCCOC(=O)CCCC(O)CNCCCCC(=O)OC(C)(C)C. The van der Waals surface area contributed by atoms with E-state index in [2.05, 4.69) is 12.2 Å². The molecule has 0 aromatic carbocycles. The summed E-state index contributed by atoms with van der Waals surface area (Å²) in [4.78, 5) is 23.4. The maximum atomic E-state index is 11.8. The molecule has 190 valence electrons. The summed E-state index contributed by atoms with van der Waals surface area (Å²) in [5, 5.41) is 13.2. The highest BCUT2D eigenvalue weighted by Gasteiger charge is 2.15. The van der Waals surface area contributed by atoms with E-state index >= 15 is 0 Å². The smallest absolute Gasteiger partial charge is 0.306 e. The van der Waals surface area contributed by atoms with E-state index in [4.69, 9.17) is 9.47 Å². The van der Waals surface area contributed by atoms with Crippen LogP contribution in [0.3, 0.4) is 0 Å². The fourth-order valence-electron chi connectivity index (χ4n) is 3.44. The summed E-state index contributed by atoms with van der Waals surface area (Å²) in [7, 11) is 0. The fraction of sp³-hybridized carbons (Fsp3) is 0.923. The summed E-state index contributed by atoms with van der Waals surface area (Å²) in [5.41, 5.74) is -0.431. The van der Waals surface area contributed by atoms with Gasteiger partial charge in [-0.3, -0.25) is 9.59 Å². The Balaban J connectivity index is 3.42. The van der Waals surface area contributed by atoms with Crippen LogP contribution in [0, 0.1) is 0 Å². The highest BCUT2D eigenvalue weighted by Crippen LogP contribution is 2.11. The van der Waals surface area contributed by atoms with Gasteiger partial charge in [-0.1, -0.05) is 58.3 Å². The molecule has 0 spiro atoms. The third-order valence-electron chi connectivity index (χ3n) is 5.21. The van der Waals surface area contributed by atoms with E-state index in [0.29, 0.717) is 38.8 Å². The van der Waals surface area contributed by atoms with E-state index in [1.807, 2.05) is 20.8 Å². The molecule has 0 rings (SSSR count). The zero-order chi connectivity index (χ0) is 24.1. The Bertz CT molecular complexity index is 462. The van der Waals surface area contributed by atoms with Gasteiger partial charge in [0.25, 0.3) is 0 Å². The van der Waals surface area contributed by atoms with Gasteiger partial charge < -0.3 is 19.9 Å². The molecular weight excluding hydrogens is 406 g/mol. The number of aliphatic hydroxyl groups excluding tert-OH is 1. The Morgan fingerprint density at radius 2 is 1.41 bits per heavy atom. The molecule has 0 heterocycles. The molecule has 1 atom stereocenters. The van der Waals surface area contributed by atoms with Crippen molar-refractivity contribution in [1.82, 2.24) is 5.32 Å². The molecule has 6 heteroatoms. The number of carbonyl (C=O) groups excluding carboxylic acids is 2. The van der Waals surface area contributed by atoms with Gasteiger partial charge in [-0.25, -0.2) is 0 Å². The molecule has 6 nitrogen and oxygen atoms in total. The molecular formula is C26H51NO5.